The summed E-state index contributed by atoms with van der Waals surface area (Å²) >= 11 is 0. The zero-order valence-corrected chi connectivity index (χ0v) is 15.2. The molecule has 1 aromatic carbocycles. The average molecular weight is 357 g/mol. The zero-order chi connectivity index (χ0) is 18.0. The van der Waals surface area contributed by atoms with Crippen molar-refractivity contribution >= 4 is 22.5 Å². The first-order valence-corrected chi connectivity index (χ1v) is 9.53. The van der Waals surface area contributed by atoms with Gasteiger partial charge in [0.2, 0.25) is 5.78 Å². The van der Waals surface area contributed by atoms with Crippen molar-refractivity contribution in [3.05, 3.63) is 64.7 Å². The Morgan fingerprint density at radius 3 is 2.80 bits per heavy atom. The van der Waals surface area contributed by atoms with Crippen molar-refractivity contribution in [2.75, 3.05) is 6.26 Å². The van der Waals surface area contributed by atoms with Crippen molar-refractivity contribution in [2.45, 2.75) is 26.2 Å². The lowest BCUT2D eigenvalue weighted by Crippen LogP contribution is -2.06. The van der Waals surface area contributed by atoms with Gasteiger partial charge in [-0.1, -0.05) is 12.1 Å². The summed E-state index contributed by atoms with van der Waals surface area (Å²) in [7, 11) is -0.957. The van der Waals surface area contributed by atoms with Gasteiger partial charge in [-0.25, -0.2) is 14.8 Å². The van der Waals surface area contributed by atoms with E-state index in [2.05, 4.69) is 9.97 Å². The quantitative estimate of drug-likeness (QED) is 0.656. The summed E-state index contributed by atoms with van der Waals surface area (Å²) < 4.78 is 18.5. The molecule has 0 aliphatic carbocycles. The standard InChI is InChI=1S/C18H19N3O3S/c1-12-7-13(2)21-9-16(20-18(21)19-12)10-24-17(22)15-6-4-5-14(8-15)11-25(3)23/h4-9H,10-11H2,1-3H3/t25-/m0/s1. The van der Waals surface area contributed by atoms with Crippen LogP contribution in [0.3, 0.4) is 0 Å². The van der Waals surface area contributed by atoms with Gasteiger partial charge >= 0.3 is 5.97 Å². The summed E-state index contributed by atoms with van der Waals surface area (Å²) in [4.78, 5) is 21.0. The van der Waals surface area contributed by atoms with Crippen molar-refractivity contribution in [2.24, 2.45) is 0 Å². The topological polar surface area (TPSA) is 73.6 Å². The fourth-order valence-corrected chi connectivity index (χ4v) is 3.28. The second kappa shape index (κ2) is 7.14. The molecule has 0 bridgehead atoms. The van der Waals surface area contributed by atoms with Gasteiger partial charge < -0.3 is 4.74 Å². The Balaban J connectivity index is 1.72. The van der Waals surface area contributed by atoms with Crippen LogP contribution in [-0.4, -0.2) is 30.8 Å². The van der Waals surface area contributed by atoms with Crippen LogP contribution in [0.4, 0.5) is 0 Å². The highest BCUT2D eigenvalue weighted by Crippen LogP contribution is 2.12. The van der Waals surface area contributed by atoms with Gasteiger partial charge in [0.05, 0.1) is 11.3 Å². The van der Waals surface area contributed by atoms with E-state index >= 15 is 0 Å². The molecule has 1 atom stereocenters. The van der Waals surface area contributed by atoms with E-state index < -0.39 is 16.8 Å². The van der Waals surface area contributed by atoms with Crippen molar-refractivity contribution < 1.29 is 13.7 Å². The van der Waals surface area contributed by atoms with E-state index in [0.29, 0.717) is 22.8 Å². The van der Waals surface area contributed by atoms with Crippen LogP contribution in [-0.2, 0) is 27.9 Å². The number of carbonyl (C=O) groups is 1. The van der Waals surface area contributed by atoms with E-state index in [4.69, 9.17) is 4.74 Å². The number of ether oxygens (including phenoxy) is 1. The Labute approximate surface area is 148 Å². The third-order valence-electron chi connectivity index (χ3n) is 3.70. The molecule has 2 aromatic heterocycles. The Bertz CT molecular complexity index is 965. The van der Waals surface area contributed by atoms with Gasteiger partial charge in [0.15, 0.2) is 0 Å². The molecule has 7 heteroatoms. The minimum Gasteiger partial charge on any atom is -0.456 e. The van der Waals surface area contributed by atoms with Crippen LogP contribution >= 0.6 is 0 Å². The smallest absolute Gasteiger partial charge is 0.338 e. The number of benzene rings is 1. The minimum atomic E-state index is -0.957. The second-order valence-corrected chi connectivity index (χ2v) is 7.37. The van der Waals surface area contributed by atoms with E-state index in [9.17, 15) is 9.00 Å². The zero-order valence-electron chi connectivity index (χ0n) is 14.4. The molecule has 0 saturated carbocycles. The Morgan fingerprint density at radius 2 is 2.04 bits per heavy atom. The van der Waals surface area contributed by atoms with Gasteiger partial charge in [-0.05, 0) is 37.6 Å². The molecule has 0 N–H and O–H groups in total. The first kappa shape index (κ1) is 17.3. The Hall–Kier alpha value is -2.54. The van der Waals surface area contributed by atoms with Crippen LogP contribution in [0.5, 0.6) is 0 Å². The largest absolute Gasteiger partial charge is 0.456 e. The third-order valence-corrected chi connectivity index (χ3v) is 4.43. The highest BCUT2D eigenvalue weighted by atomic mass is 32.2. The molecule has 0 radical (unpaired) electrons. The number of esters is 1. The average Bonchev–Trinajstić information content (AvgIpc) is 2.95. The molecule has 2 heterocycles. The number of nitrogens with zero attached hydrogens (tertiary/aromatic N) is 3. The predicted octanol–water partition coefficient (Wildman–Crippen LogP) is 2.58. The number of carbonyl (C=O) groups excluding carboxylic acids is 1. The molecule has 0 aliphatic heterocycles. The summed E-state index contributed by atoms with van der Waals surface area (Å²) in [6.07, 6.45) is 3.45. The maximum Gasteiger partial charge on any atom is 0.338 e. The molecule has 130 valence electrons. The van der Waals surface area contributed by atoms with Gasteiger partial charge in [0.1, 0.15) is 6.61 Å². The maximum atomic E-state index is 12.2. The number of rotatable bonds is 5. The normalized spacial score (nSPS) is 12.3. The number of aryl methyl sites for hydroxylation is 2. The number of imidazole rings is 1. The predicted molar refractivity (Wildman–Crippen MR) is 95.8 cm³/mol. The first-order valence-electron chi connectivity index (χ1n) is 7.80. The fourth-order valence-electron chi connectivity index (χ4n) is 2.63. The number of fused-ring (bicyclic) bond motifs is 1. The van der Waals surface area contributed by atoms with Gasteiger partial charge in [-0.15, -0.1) is 0 Å². The Morgan fingerprint density at radius 1 is 1.24 bits per heavy atom. The van der Waals surface area contributed by atoms with Crippen LogP contribution in [0.25, 0.3) is 5.78 Å². The molecule has 0 fully saturated rings. The van der Waals surface area contributed by atoms with E-state index in [1.165, 1.54) is 0 Å². The van der Waals surface area contributed by atoms with Gasteiger partial charge in [0.25, 0.3) is 0 Å². The van der Waals surface area contributed by atoms with Crippen molar-refractivity contribution in [3.8, 4) is 0 Å². The summed E-state index contributed by atoms with van der Waals surface area (Å²) in [5.74, 6) is 0.579. The molecule has 0 spiro atoms. The first-order chi connectivity index (χ1) is 11.9. The van der Waals surface area contributed by atoms with E-state index in [0.717, 1.165) is 17.0 Å². The number of aromatic nitrogens is 3. The molecular weight excluding hydrogens is 338 g/mol. The lowest BCUT2D eigenvalue weighted by atomic mass is 10.1. The van der Waals surface area contributed by atoms with Crippen LogP contribution in [0.15, 0.2) is 36.5 Å². The maximum absolute atomic E-state index is 12.2. The molecule has 25 heavy (non-hydrogen) atoms. The van der Waals surface area contributed by atoms with Crippen LogP contribution < -0.4 is 0 Å². The molecule has 3 rings (SSSR count). The van der Waals surface area contributed by atoms with E-state index in [1.807, 2.05) is 36.6 Å². The molecule has 0 unspecified atom stereocenters. The number of hydrogen-bond acceptors (Lipinski definition) is 5. The lowest BCUT2D eigenvalue weighted by molar-refractivity contribution is 0.0468. The molecule has 3 aromatic rings. The van der Waals surface area contributed by atoms with Gasteiger partial charge in [0, 0.05) is 40.4 Å². The molecule has 6 nitrogen and oxygen atoms in total. The molecular formula is C18H19N3O3S. The van der Waals surface area contributed by atoms with Gasteiger partial charge in [-0.2, -0.15) is 0 Å². The van der Waals surface area contributed by atoms with Crippen molar-refractivity contribution in [3.63, 3.8) is 0 Å². The van der Waals surface area contributed by atoms with Crippen LogP contribution in [0.1, 0.15) is 33.0 Å². The van der Waals surface area contributed by atoms with Crippen LogP contribution in [0.2, 0.25) is 0 Å². The third kappa shape index (κ3) is 4.11. The van der Waals surface area contributed by atoms with Crippen molar-refractivity contribution in [1.29, 1.82) is 0 Å². The highest BCUT2D eigenvalue weighted by molar-refractivity contribution is 7.83. The highest BCUT2D eigenvalue weighted by Gasteiger charge is 2.11. The number of hydrogen-bond donors (Lipinski definition) is 0. The SMILES string of the molecule is Cc1cc(C)n2cc(COC(=O)c3cccc(C[S@](C)=O)c3)nc2n1. The van der Waals surface area contributed by atoms with Crippen LogP contribution in [0, 0.1) is 13.8 Å². The lowest BCUT2D eigenvalue weighted by Gasteiger charge is -2.05. The van der Waals surface area contributed by atoms with Crippen molar-refractivity contribution in [1.82, 2.24) is 14.4 Å². The summed E-state index contributed by atoms with van der Waals surface area (Å²) in [5.41, 5.74) is 3.84. The summed E-state index contributed by atoms with van der Waals surface area (Å²) in [6.45, 7) is 3.96. The van der Waals surface area contributed by atoms with E-state index in [1.54, 1.807) is 24.5 Å². The van der Waals surface area contributed by atoms with Gasteiger partial charge in [-0.3, -0.25) is 8.61 Å². The fraction of sp³-hybridized carbons (Fsp3) is 0.278. The summed E-state index contributed by atoms with van der Waals surface area (Å²) in [6, 6.07) is 8.97. The Kier molecular flexibility index (Phi) is 4.94. The molecule has 0 saturated heterocycles. The second-order valence-electron chi connectivity index (χ2n) is 5.94. The monoisotopic (exact) mass is 357 g/mol. The molecule has 0 amide bonds. The van der Waals surface area contributed by atoms with E-state index in [-0.39, 0.29) is 6.61 Å². The molecule has 0 aliphatic rings. The summed E-state index contributed by atoms with van der Waals surface area (Å²) in [5, 5.41) is 0. The minimum absolute atomic E-state index is 0.0740.